The van der Waals surface area contributed by atoms with E-state index in [1.54, 1.807) is 6.92 Å². The van der Waals surface area contributed by atoms with Gasteiger partial charge in [-0.2, -0.15) is 0 Å². The first-order valence-electron chi connectivity index (χ1n) is 7.66. The van der Waals surface area contributed by atoms with E-state index >= 15 is 0 Å². The molecule has 0 bridgehead atoms. The highest BCUT2D eigenvalue weighted by molar-refractivity contribution is 5.84. The van der Waals surface area contributed by atoms with Gasteiger partial charge in [0.25, 0.3) is 0 Å². The Morgan fingerprint density at radius 1 is 1.17 bits per heavy atom. The highest BCUT2D eigenvalue weighted by Gasteiger charge is 2.30. The summed E-state index contributed by atoms with van der Waals surface area (Å²) in [6, 6.07) is 2.76. The van der Waals surface area contributed by atoms with Crippen LogP contribution in [0, 0.1) is 11.6 Å². The Kier molecular flexibility index (Phi) is 5.90. The number of halogens is 2. The van der Waals surface area contributed by atoms with Gasteiger partial charge >= 0.3 is 0 Å². The van der Waals surface area contributed by atoms with E-state index in [9.17, 15) is 18.4 Å². The normalized spacial score (nSPS) is 20.1. The SMILES string of the molecule is CCC(=O)NCC(=O)N[C@H]1CCC[C@H]1Oc1cc(F)cc(F)c1. The fraction of sp³-hybridized carbons (Fsp3) is 0.500. The Balaban J connectivity index is 1.89. The van der Waals surface area contributed by atoms with E-state index in [0.29, 0.717) is 12.8 Å². The smallest absolute Gasteiger partial charge is 0.239 e. The van der Waals surface area contributed by atoms with E-state index in [1.807, 2.05) is 0 Å². The molecule has 0 spiro atoms. The number of nitrogens with one attached hydrogen (secondary N) is 2. The molecule has 1 aromatic rings. The molecule has 1 saturated carbocycles. The maximum absolute atomic E-state index is 13.2. The molecule has 2 amide bonds. The zero-order valence-corrected chi connectivity index (χ0v) is 12.9. The van der Waals surface area contributed by atoms with Crippen LogP contribution in [0.15, 0.2) is 18.2 Å². The molecule has 1 fully saturated rings. The first kappa shape index (κ1) is 17.2. The second-order valence-corrected chi connectivity index (χ2v) is 5.50. The molecule has 1 aliphatic rings. The third-order valence-corrected chi connectivity index (χ3v) is 3.69. The number of carbonyl (C=O) groups excluding carboxylic acids is 2. The Morgan fingerprint density at radius 3 is 2.52 bits per heavy atom. The molecule has 5 nitrogen and oxygen atoms in total. The zero-order chi connectivity index (χ0) is 16.8. The predicted octanol–water partition coefficient (Wildman–Crippen LogP) is 1.91. The van der Waals surface area contributed by atoms with Crippen LogP contribution in [-0.2, 0) is 9.59 Å². The molecule has 0 saturated heterocycles. The largest absolute Gasteiger partial charge is 0.488 e. The van der Waals surface area contributed by atoms with Crippen molar-refractivity contribution in [1.82, 2.24) is 10.6 Å². The van der Waals surface area contributed by atoms with Gasteiger partial charge in [0.05, 0.1) is 12.6 Å². The van der Waals surface area contributed by atoms with Gasteiger partial charge in [0.1, 0.15) is 23.5 Å². The van der Waals surface area contributed by atoms with Crippen molar-refractivity contribution in [2.45, 2.75) is 44.8 Å². The Morgan fingerprint density at radius 2 is 1.87 bits per heavy atom. The fourth-order valence-electron chi connectivity index (χ4n) is 2.57. The Labute approximate surface area is 133 Å². The first-order chi connectivity index (χ1) is 11.0. The summed E-state index contributed by atoms with van der Waals surface area (Å²) in [6.45, 7) is 1.61. The van der Waals surface area contributed by atoms with E-state index in [-0.39, 0.29) is 36.3 Å². The van der Waals surface area contributed by atoms with Crippen molar-refractivity contribution in [3.63, 3.8) is 0 Å². The Bertz CT molecular complexity index is 560. The predicted molar refractivity (Wildman–Crippen MR) is 79.9 cm³/mol. The molecule has 0 unspecified atom stereocenters. The van der Waals surface area contributed by atoms with Gasteiger partial charge in [0, 0.05) is 24.6 Å². The van der Waals surface area contributed by atoms with Gasteiger partial charge in [-0.25, -0.2) is 8.78 Å². The fourth-order valence-corrected chi connectivity index (χ4v) is 2.57. The molecule has 23 heavy (non-hydrogen) atoms. The van der Waals surface area contributed by atoms with Gasteiger partial charge in [-0.1, -0.05) is 6.92 Å². The lowest BCUT2D eigenvalue weighted by molar-refractivity contribution is -0.126. The molecule has 0 heterocycles. The minimum absolute atomic E-state index is 0.0928. The van der Waals surface area contributed by atoms with Crippen molar-refractivity contribution >= 4 is 11.8 Å². The molecule has 2 N–H and O–H groups in total. The van der Waals surface area contributed by atoms with Crippen molar-refractivity contribution in [2.75, 3.05) is 6.54 Å². The topological polar surface area (TPSA) is 67.4 Å². The highest BCUT2D eigenvalue weighted by atomic mass is 19.1. The third kappa shape index (κ3) is 5.19. The van der Waals surface area contributed by atoms with Gasteiger partial charge in [-0.05, 0) is 19.3 Å². The number of ether oxygens (including phenoxy) is 1. The van der Waals surface area contributed by atoms with E-state index in [1.165, 1.54) is 0 Å². The highest BCUT2D eigenvalue weighted by Crippen LogP contribution is 2.25. The van der Waals surface area contributed by atoms with Gasteiger partial charge in [0.2, 0.25) is 11.8 Å². The number of amides is 2. The van der Waals surface area contributed by atoms with Crippen molar-refractivity contribution in [3.8, 4) is 5.75 Å². The van der Waals surface area contributed by atoms with Crippen molar-refractivity contribution in [2.24, 2.45) is 0 Å². The molecular formula is C16H20F2N2O3. The molecule has 0 aliphatic heterocycles. The molecule has 0 radical (unpaired) electrons. The van der Waals surface area contributed by atoms with E-state index in [2.05, 4.69) is 10.6 Å². The maximum atomic E-state index is 13.2. The summed E-state index contributed by atoms with van der Waals surface area (Å²) in [5, 5.41) is 5.29. The van der Waals surface area contributed by atoms with E-state index in [4.69, 9.17) is 4.74 Å². The molecular weight excluding hydrogens is 306 g/mol. The molecule has 0 aromatic heterocycles. The summed E-state index contributed by atoms with van der Waals surface area (Å²) in [7, 11) is 0. The van der Waals surface area contributed by atoms with Crippen molar-refractivity contribution in [1.29, 1.82) is 0 Å². The number of rotatable bonds is 6. The lowest BCUT2D eigenvalue weighted by Gasteiger charge is -2.22. The molecule has 2 rings (SSSR count). The van der Waals surface area contributed by atoms with Crippen molar-refractivity contribution in [3.05, 3.63) is 29.8 Å². The number of hydrogen-bond donors (Lipinski definition) is 2. The van der Waals surface area contributed by atoms with E-state index < -0.39 is 11.6 Å². The zero-order valence-electron chi connectivity index (χ0n) is 12.9. The monoisotopic (exact) mass is 326 g/mol. The number of benzene rings is 1. The summed E-state index contributed by atoms with van der Waals surface area (Å²) in [5.74, 6) is -1.82. The number of hydrogen-bond acceptors (Lipinski definition) is 3. The molecule has 126 valence electrons. The van der Waals surface area contributed by atoms with Crippen LogP contribution in [0.2, 0.25) is 0 Å². The Hall–Kier alpha value is -2.18. The van der Waals surface area contributed by atoms with Gasteiger partial charge in [-0.3, -0.25) is 9.59 Å². The van der Waals surface area contributed by atoms with Gasteiger partial charge < -0.3 is 15.4 Å². The molecule has 2 atom stereocenters. The molecule has 1 aromatic carbocycles. The van der Waals surface area contributed by atoms with Gasteiger partial charge in [-0.15, -0.1) is 0 Å². The summed E-state index contributed by atoms with van der Waals surface area (Å²) in [4.78, 5) is 23.0. The van der Waals surface area contributed by atoms with Crippen LogP contribution >= 0.6 is 0 Å². The van der Waals surface area contributed by atoms with Gasteiger partial charge in [0.15, 0.2) is 0 Å². The maximum Gasteiger partial charge on any atom is 0.239 e. The molecule has 7 heteroatoms. The van der Waals surface area contributed by atoms with Crippen LogP contribution in [-0.4, -0.2) is 30.5 Å². The summed E-state index contributed by atoms with van der Waals surface area (Å²) in [6.07, 6.45) is 2.21. The molecule has 1 aliphatic carbocycles. The van der Waals surface area contributed by atoms with Crippen LogP contribution in [0.5, 0.6) is 5.75 Å². The quantitative estimate of drug-likeness (QED) is 0.839. The van der Waals surface area contributed by atoms with Crippen molar-refractivity contribution < 1.29 is 23.1 Å². The second-order valence-electron chi connectivity index (χ2n) is 5.50. The standard InChI is InChI=1S/C16H20F2N2O3/c1-2-15(21)19-9-16(22)20-13-4-3-5-14(13)23-12-7-10(17)6-11(18)8-12/h6-8,13-14H,2-5,9H2,1H3,(H,19,21)(H,20,22)/t13-,14+/m0/s1. The van der Waals surface area contributed by atoms with Crippen LogP contribution in [0.4, 0.5) is 8.78 Å². The minimum Gasteiger partial charge on any atom is -0.488 e. The summed E-state index contributed by atoms with van der Waals surface area (Å²) < 4.78 is 32.0. The summed E-state index contributed by atoms with van der Waals surface area (Å²) in [5.41, 5.74) is 0. The lowest BCUT2D eigenvalue weighted by Crippen LogP contribution is -2.46. The average Bonchev–Trinajstić information content (AvgIpc) is 2.90. The first-order valence-corrected chi connectivity index (χ1v) is 7.66. The third-order valence-electron chi connectivity index (χ3n) is 3.69. The average molecular weight is 326 g/mol. The lowest BCUT2D eigenvalue weighted by atomic mass is 10.2. The second kappa shape index (κ2) is 7.89. The van der Waals surface area contributed by atoms with Crippen LogP contribution < -0.4 is 15.4 Å². The van der Waals surface area contributed by atoms with Crippen LogP contribution in [0.3, 0.4) is 0 Å². The summed E-state index contributed by atoms with van der Waals surface area (Å²) >= 11 is 0. The van der Waals surface area contributed by atoms with Crippen LogP contribution in [0.1, 0.15) is 32.6 Å². The van der Waals surface area contributed by atoms with Crippen LogP contribution in [0.25, 0.3) is 0 Å². The minimum atomic E-state index is -0.708. The van der Waals surface area contributed by atoms with E-state index in [0.717, 1.165) is 31.0 Å². The number of carbonyl (C=O) groups is 2.